The Kier molecular flexibility index (Phi) is 6.50. The van der Waals surface area contributed by atoms with E-state index in [-0.39, 0.29) is 17.3 Å². The molecule has 1 atom stereocenters. The quantitative estimate of drug-likeness (QED) is 0.474. The molecule has 1 unspecified atom stereocenters. The minimum atomic E-state index is -2.97. The van der Waals surface area contributed by atoms with Crippen molar-refractivity contribution in [2.45, 2.75) is 49.2 Å². The van der Waals surface area contributed by atoms with Crippen molar-refractivity contribution < 1.29 is 18.3 Å². The fraction of sp³-hybridized carbons (Fsp3) is 0.318. The minimum absolute atomic E-state index is 0.0775. The molecule has 0 aliphatic heterocycles. The van der Waals surface area contributed by atoms with Crippen LogP contribution in [-0.2, 0) is 11.3 Å². The Bertz CT molecular complexity index is 1040. The number of aromatic nitrogens is 3. The molecule has 162 valence electrons. The molecule has 6 nitrogen and oxygen atoms in total. The number of anilines is 1. The Morgan fingerprint density at radius 1 is 1.16 bits per heavy atom. The van der Waals surface area contributed by atoms with Crippen molar-refractivity contribution in [3.05, 3.63) is 66.0 Å². The summed E-state index contributed by atoms with van der Waals surface area (Å²) in [5.41, 5.74) is 1.32. The van der Waals surface area contributed by atoms with Crippen LogP contribution in [0.25, 0.3) is 0 Å². The SMILES string of the molecule is CC(Sc1nnc(C2CC2)n1Cc1ccccc1)C(=O)Nc1ccccc1OC(F)F. The number of thioether (sulfide) groups is 1. The van der Waals surface area contributed by atoms with Gasteiger partial charge in [-0.1, -0.05) is 54.2 Å². The van der Waals surface area contributed by atoms with Crippen LogP contribution in [0.2, 0.25) is 0 Å². The second-order valence-corrected chi connectivity index (χ2v) is 8.62. The predicted molar refractivity (Wildman–Crippen MR) is 115 cm³/mol. The molecule has 0 bridgehead atoms. The summed E-state index contributed by atoms with van der Waals surface area (Å²) in [6, 6.07) is 16.1. The number of rotatable bonds is 9. The first kappa shape index (κ1) is 21.3. The molecule has 9 heteroatoms. The molecule has 1 amide bonds. The summed E-state index contributed by atoms with van der Waals surface area (Å²) in [5.74, 6) is 0.937. The Labute approximate surface area is 183 Å². The molecule has 0 radical (unpaired) electrons. The zero-order valence-electron chi connectivity index (χ0n) is 16.9. The third-order valence-corrected chi connectivity index (χ3v) is 5.96. The summed E-state index contributed by atoms with van der Waals surface area (Å²) in [6.07, 6.45) is 2.18. The first-order valence-corrected chi connectivity index (χ1v) is 10.9. The molecule has 1 aliphatic carbocycles. The van der Waals surface area contributed by atoms with Gasteiger partial charge in [0.05, 0.1) is 17.5 Å². The van der Waals surface area contributed by atoms with E-state index < -0.39 is 11.9 Å². The molecule has 1 N–H and O–H groups in total. The van der Waals surface area contributed by atoms with Crippen LogP contribution in [-0.4, -0.2) is 32.5 Å². The highest BCUT2D eigenvalue weighted by atomic mass is 32.2. The fourth-order valence-corrected chi connectivity index (χ4v) is 4.02. The summed E-state index contributed by atoms with van der Waals surface area (Å²) < 4.78 is 31.8. The third-order valence-electron chi connectivity index (χ3n) is 4.88. The molecule has 4 rings (SSSR count). The van der Waals surface area contributed by atoms with Crippen LogP contribution >= 0.6 is 11.8 Å². The maximum Gasteiger partial charge on any atom is 0.387 e. The van der Waals surface area contributed by atoms with Crippen LogP contribution in [0.3, 0.4) is 0 Å². The molecule has 1 aromatic heterocycles. The zero-order chi connectivity index (χ0) is 21.8. The lowest BCUT2D eigenvalue weighted by atomic mass is 10.2. The minimum Gasteiger partial charge on any atom is -0.433 e. The molecule has 1 aliphatic rings. The molecule has 1 heterocycles. The number of carbonyl (C=O) groups excluding carboxylic acids is 1. The lowest BCUT2D eigenvalue weighted by Crippen LogP contribution is -2.23. The number of hydrogen-bond acceptors (Lipinski definition) is 5. The maximum atomic E-state index is 12.7. The summed E-state index contributed by atoms with van der Waals surface area (Å²) in [6.45, 7) is -0.599. The van der Waals surface area contributed by atoms with E-state index in [0.717, 1.165) is 24.2 Å². The van der Waals surface area contributed by atoms with Crippen LogP contribution in [0.4, 0.5) is 14.5 Å². The van der Waals surface area contributed by atoms with Gasteiger partial charge in [-0.25, -0.2) is 0 Å². The number of ether oxygens (including phenoxy) is 1. The number of alkyl halides is 2. The van der Waals surface area contributed by atoms with Crippen molar-refractivity contribution in [1.82, 2.24) is 14.8 Å². The van der Waals surface area contributed by atoms with Gasteiger partial charge >= 0.3 is 6.61 Å². The molecular formula is C22H22F2N4O2S. The summed E-state index contributed by atoms with van der Waals surface area (Å²) in [7, 11) is 0. The standard InChI is InChI=1S/C22H22F2N4O2S/c1-14(20(29)25-17-9-5-6-10-18(17)30-21(23)24)31-22-27-26-19(16-11-12-16)28(22)13-15-7-3-2-4-8-15/h2-10,14,16,21H,11-13H2,1H3,(H,25,29). The Morgan fingerprint density at radius 2 is 1.87 bits per heavy atom. The van der Waals surface area contributed by atoms with E-state index in [0.29, 0.717) is 17.6 Å². The summed E-state index contributed by atoms with van der Waals surface area (Å²) in [4.78, 5) is 12.7. The number of halogens is 2. The van der Waals surface area contributed by atoms with Crippen molar-refractivity contribution in [3.63, 3.8) is 0 Å². The molecule has 3 aromatic rings. The van der Waals surface area contributed by atoms with Gasteiger partial charge in [-0.2, -0.15) is 8.78 Å². The average Bonchev–Trinajstić information content (AvgIpc) is 3.53. The molecular weight excluding hydrogens is 422 g/mol. The van der Waals surface area contributed by atoms with Gasteiger partial charge in [-0.3, -0.25) is 4.79 Å². The van der Waals surface area contributed by atoms with Gasteiger partial charge in [0, 0.05) is 5.92 Å². The van der Waals surface area contributed by atoms with Crippen molar-refractivity contribution >= 4 is 23.4 Å². The maximum absolute atomic E-state index is 12.7. The van der Waals surface area contributed by atoms with E-state index in [9.17, 15) is 13.6 Å². The second kappa shape index (κ2) is 9.47. The van der Waals surface area contributed by atoms with Gasteiger partial charge in [-0.15, -0.1) is 10.2 Å². The van der Waals surface area contributed by atoms with Crippen molar-refractivity contribution in [2.75, 3.05) is 5.32 Å². The highest BCUT2D eigenvalue weighted by molar-refractivity contribution is 8.00. The zero-order valence-corrected chi connectivity index (χ0v) is 17.7. The highest BCUT2D eigenvalue weighted by Crippen LogP contribution is 2.40. The molecule has 1 saturated carbocycles. The van der Waals surface area contributed by atoms with Gasteiger partial charge in [0.15, 0.2) is 5.16 Å². The van der Waals surface area contributed by atoms with Gasteiger partial charge in [0.25, 0.3) is 0 Å². The van der Waals surface area contributed by atoms with Crippen LogP contribution in [0.1, 0.15) is 37.1 Å². The lowest BCUT2D eigenvalue weighted by Gasteiger charge is -2.15. The van der Waals surface area contributed by atoms with Gasteiger partial charge in [-0.05, 0) is 37.5 Å². The van der Waals surface area contributed by atoms with Crippen LogP contribution in [0, 0.1) is 0 Å². The number of carbonyl (C=O) groups is 1. The molecule has 1 fully saturated rings. The van der Waals surface area contributed by atoms with E-state index in [1.807, 2.05) is 30.3 Å². The summed E-state index contributed by atoms with van der Waals surface area (Å²) in [5, 5.41) is 11.5. The number of hydrogen-bond donors (Lipinski definition) is 1. The molecule has 31 heavy (non-hydrogen) atoms. The lowest BCUT2D eigenvalue weighted by molar-refractivity contribution is -0.115. The van der Waals surface area contributed by atoms with Crippen molar-refractivity contribution in [1.29, 1.82) is 0 Å². The van der Waals surface area contributed by atoms with E-state index in [1.165, 1.54) is 23.9 Å². The number of nitrogens with one attached hydrogen (secondary N) is 1. The number of amides is 1. The van der Waals surface area contributed by atoms with E-state index in [4.69, 9.17) is 0 Å². The highest BCUT2D eigenvalue weighted by Gasteiger charge is 2.31. The Morgan fingerprint density at radius 3 is 2.58 bits per heavy atom. The molecule has 0 spiro atoms. The van der Waals surface area contributed by atoms with Gasteiger partial charge in [0.1, 0.15) is 11.6 Å². The molecule has 0 saturated heterocycles. The van der Waals surface area contributed by atoms with Crippen LogP contribution in [0.5, 0.6) is 5.75 Å². The fourth-order valence-electron chi connectivity index (χ4n) is 3.16. The number of benzene rings is 2. The van der Waals surface area contributed by atoms with Crippen molar-refractivity contribution in [2.24, 2.45) is 0 Å². The second-order valence-electron chi connectivity index (χ2n) is 7.31. The van der Waals surface area contributed by atoms with E-state index in [1.54, 1.807) is 19.1 Å². The smallest absolute Gasteiger partial charge is 0.387 e. The normalized spacial score (nSPS) is 14.5. The number of nitrogens with zero attached hydrogens (tertiary/aromatic N) is 3. The van der Waals surface area contributed by atoms with Gasteiger partial charge < -0.3 is 14.6 Å². The molecule has 2 aromatic carbocycles. The number of para-hydroxylation sites is 2. The van der Waals surface area contributed by atoms with Crippen LogP contribution < -0.4 is 10.1 Å². The van der Waals surface area contributed by atoms with E-state index in [2.05, 4.69) is 24.8 Å². The summed E-state index contributed by atoms with van der Waals surface area (Å²) >= 11 is 1.29. The first-order valence-electron chi connectivity index (χ1n) is 9.99. The first-order chi connectivity index (χ1) is 15.0. The third kappa shape index (κ3) is 5.41. The average molecular weight is 445 g/mol. The topological polar surface area (TPSA) is 69.0 Å². The monoisotopic (exact) mass is 444 g/mol. The predicted octanol–water partition coefficient (Wildman–Crippen LogP) is 4.92. The van der Waals surface area contributed by atoms with Gasteiger partial charge in [0.2, 0.25) is 5.91 Å². The van der Waals surface area contributed by atoms with Crippen LogP contribution in [0.15, 0.2) is 59.8 Å². The largest absolute Gasteiger partial charge is 0.433 e. The Hall–Kier alpha value is -2.94. The van der Waals surface area contributed by atoms with E-state index >= 15 is 0 Å². The van der Waals surface area contributed by atoms with Crippen molar-refractivity contribution in [3.8, 4) is 5.75 Å². The Balaban J connectivity index is 1.48.